The second kappa shape index (κ2) is 8.42. The smallest absolute Gasteiger partial charge is 0.489 e. The van der Waals surface area contributed by atoms with Crippen LogP contribution in [0.2, 0.25) is 10.0 Å². The van der Waals surface area contributed by atoms with Gasteiger partial charge in [-0.2, -0.15) is 0 Å². The largest absolute Gasteiger partial charge is 1.00 e. The first kappa shape index (κ1) is 20.4. The molecule has 0 aromatic heterocycles. The summed E-state index contributed by atoms with van der Waals surface area (Å²) in [5, 5.41) is 0.845. The van der Waals surface area contributed by atoms with E-state index >= 15 is 0 Å². The molecule has 8 heteroatoms. The Balaban J connectivity index is 0.00000242. The van der Waals surface area contributed by atoms with Gasteiger partial charge in [-0.05, 0) is 36.2 Å². The topological polar surface area (TPSA) is 9.23 Å². The summed E-state index contributed by atoms with van der Waals surface area (Å²) in [5.41, 5.74) is 0.592. The summed E-state index contributed by atoms with van der Waals surface area (Å²) in [5.74, 6) is 0.407. The zero-order chi connectivity index (χ0) is 15.6. The fraction of sp³-hybridized carbons (Fsp3) is 0.143. The second-order valence-electron chi connectivity index (χ2n) is 4.64. The van der Waals surface area contributed by atoms with E-state index in [1.165, 1.54) is 6.07 Å². The summed E-state index contributed by atoms with van der Waals surface area (Å²) in [6.07, 6.45) is 0. The molecule has 2 rings (SSSR count). The predicted molar refractivity (Wildman–Crippen MR) is 80.7 cm³/mol. The first-order valence-corrected chi connectivity index (χ1v) is 6.90. The minimum atomic E-state index is -4.99. The van der Waals surface area contributed by atoms with Gasteiger partial charge in [0.25, 0.3) is 0 Å². The van der Waals surface area contributed by atoms with Gasteiger partial charge in [-0.1, -0.05) is 41.4 Å². The molecule has 0 aliphatic heterocycles. The van der Waals surface area contributed by atoms with Crippen LogP contribution < -0.4 is 61.6 Å². The SMILES string of the molecule is Cc1cc([B-](F)(F)F)ccc1OCc1ccc(Cl)c(Cl)c1.[K+]. The van der Waals surface area contributed by atoms with Gasteiger partial charge in [0.15, 0.2) is 0 Å². The van der Waals surface area contributed by atoms with E-state index in [0.717, 1.165) is 17.7 Å². The number of hydrogen-bond donors (Lipinski definition) is 0. The van der Waals surface area contributed by atoms with Crippen LogP contribution in [-0.4, -0.2) is 6.98 Å². The van der Waals surface area contributed by atoms with Gasteiger partial charge < -0.3 is 17.7 Å². The zero-order valence-electron chi connectivity index (χ0n) is 12.0. The Bertz CT molecular complexity index is 665. The Hall–Kier alpha value is 0.311. The fourth-order valence-corrected chi connectivity index (χ4v) is 2.15. The van der Waals surface area contributed by atoms with E-state index in [4.69, 9.17) is 27.9 Å². The van der Waals surface area contributed by atoms with Crippen LogP contribution in [0.3, 0.4) is 0 Å². The molecule has 0 spiro atoms. The molecular formula is C14H11BCl2F3KO. The van der Waals surface area contributed by atoms with Gasteiger partial charge >= 0.3 is 58.4 Å². The molecule has 0 N–H and O–H groups in total. The quantitative estimate of drug-likeness (QED) is 0.745. The molecule has 0 aliphatic carbocycles. The summed E-state index contributed by atoms with van der Waals surface area (Å²) >= 11 is 11.7. The normalized spacial score (nSPS) is 11.0. The maximum atomic E-state index is 12.6. The minimum absolute atomic E-state index is 0. The molecule has 0 radical (unpaired) electrons. The Morgan fingerprint density at radius 3 is 2.23 bits per heavy atom. The third kappa shape index (κ3) is 5.44. The van der Waals surface area contributed by atoms with E-state index in [9.17, 15) is 12.9 Å². The number of hydrogen-bond acceptors (Lipinski definition) is 1. The third-order valence-electron chi connectivity index (χ3n) is 2.96. The molecule has 1 nitrogen and oxygen atoms in total. The summed E-state index contributed by atoms with van der Waals surface area (Å²) in [4.78, 5) is 0. The average Bonchev–Trinajstić information content (AvgIpc) is 2.40. The Kier molecular flexibility index (Phi) is 7.79. The van der Waals surface area contributed by atoms with Gasteiger partial charge in [-0.25, -0.2) is 0 Å². The monoisotopic (exact) mass is 372 g/mol. The first-order valence-electron chi connectivity index (χ1n) is 6.14. The average molecular weight is 373 g/mol. The van der Waals surface area contributed by atoms with E-state index in [0.29, 0.717) is 21.4 Å². The van der Waals surface area contributed by atoms with Crippen molar-refractivity contribution in [1.82, 2.24) is 0 Å². The van der Waals surface area contributed by atoms with Crippen LogP contribution >= 0.6 is 23.2 Å². The first-order chi connectivity index (χ1) is 9.77. The van der Waals surface area contributed by atoms with Crippen molar-refractivity contribution in [3.63, 3.8) is 0 Å². The van der Waals surface area contributed by atoms with Crippen LogP contribution in [0.25, 0.3) is 0 Å². The van der Waals surface area contributed by atoms with Crippen LogP contribution in [0.1, 0.15) is 11.1 Å². The van der Waals surface area contributed by atoms with Crippen molar-refractivity contribution in [2.45, 2.75) is 13.5 Å². The van der Waals surface area contributed by atoms with Crippen molar-refractivity contribution in [3.05, 3.63) is 57.6 Å². The Morgan fingerprint density at radius 1 is 1.00 bits per heavy atom. The molecule has 0 atom stereocenters. The van der Waals surface area contributed by atoms with Crippen molar-refractivity contribution < 1.29 is 69.1 Å². The summed E-state index contributed by atoms with van der Waals surface area (Å²) in [7, 11) is 0. The van der Waals surface area contributed by atoms with Crippen LogP contribution in [0.5, 0.6) is 5.75 Å². The predicted octanol–water partition coefficient (Wildman–Crippen LogP) is 1.94. The van der Waals surface area contributed by atoms with Crippen molar-refractivity contribution in [1.29, 1.82) is 0 Å². The number of halogens is 5. The van der Waals surface area contributed by atoms with Gasteiger partial charge in [0.05, 0.1) is 10.0 Å². The molecule has 0 unspecified atom stereocenters. The van der Waals surface area contributed by atoms with Crippen molar-refractivity contribution >= 4 is 35.6 Å². The number of benzene rings is 2. The molecular weight excluding hydrogens is 362 g/mol. The van der Waals surface area contributed by atoms with Crippen LogP contribution in [0.4, 0.5) is 12.9 Å². The summed E-state index contributed by atoms with van der Waals surface area (Å²) in [6, 6.07) is 8.49. The maximum Gasteiger partial charge on any atom is 1.00 e. The van der Waals surface area contributed by atoms with Crippen LogP contribution in [0.15, 0.2) is 36.4 Å². The van der Waals surface area contributed by atoms with E-state index < -0.39 is 12.4 Å². The van der Waals surface area contributed by atoms with Gasteiger partial charge in [0.2, 0.25) is 0 Å². The molecule has 0 saturated heterocycles. The summed E-state index contributed by atoms with van der Waals surface area (Å²) in [6.45, 7) is -3.21. The third-order valence-corrected chi connectivity index (χ3v) is 3.69. The zero-order valence-corrected chi connectivity index (χ0v) is 16.7. The number of rotatable bonds is 4. The second-order valence-corrected chi connectivity index (χ2v) is 5.45. The van der Waals surface area contributed by atoms with Crippen LogP contribution in [0, 0.1) is 6.92 Å². The van der Waals surface area contributed by atoms with Crippen molar-refractivity contribution in [2.24, 2.45) is 0 Å². The molecule has 2 aromatic rings. The maximum absolute atomic E-state index is 12.6. The number of aryl methyl sites for hydroxylation is 1. The standard InChI is InChI=1S/C14H11BCl2F3O.K/c1-9-6-11(15(18,19)20)3-5-14(9)21-8-10-2-4-12(16)13(17)7-10;/h2-7H,8H2,1H3;/q-1;+1. The molecule has 0 bridgehead atoms. The van der Waals surface area contributed by atoms with E-state index in [1.807, 2.05) is 0 Å². The van der Waals surface area contributed by atoms with Crippen LogP contribution in [-0.2, 0) is 6.61 Å². The van der Waals surface area contributed by atoms with Gasteiger partial charge in [0.1, 0.15) is 12.4 Å². The molecule has 0 aliphatic rings. The molecule has 0 heterocycles. The molecule has 0 fully saturated rings. The molecule has 2 aromatic carbocycles. The molecule has 0 saturated carbocycles. The van der Waals surface area contributed by atoms with Crippen molar-refractivity contribution in [2.75, 3.05) is 0 Å². The molecule has 112 valence electrons. The van der Waals surface area contributed by atoms with Crippen molar-refractivity contribution in [3.8, 4) is 5.75 Å². The Morgan fingerprint density at radius 2 is 1.68 bits per heavy atom. The van der Waals surface area contributed by atoms with E-state index in [-0.39, 0.29) is 58.0 Å². The van der Waals surface area contributed by atoms with E-state index in [2.05, 4.69) is 0 Å². The van der Waals surface area contributed by atoms with E-state index in [1.54, 1.807) is 25.1 Å². The molecule has 22 heavy (non-hydrogen) atoms. The van der Waals surface area contributed by atoms with Gasteiger partial charge in [-0.3, -0.25) is 0 Å². The van der Waals surface area contributed by atoms with Gasteiger partial charge in [0, 0.05) is 0 Å². The van der Waals surface area contributed by atoms with Gasteiger partial charge in [-0.15, -0.1) is 5.46 Å². The Labute approximate surface area is 179 Å². The fourth-order valence-electron chi connectivity index (χ4n) is 1.83. The minimum Gasteiger partial charge on any atom is -0.489 e. The molecule has 0 amide bonds. The number of ether oxygens (including phenoxy) is 1. The summed E-state index contributed by atoms with van der Waals surface area (Å²) < 4.78 is 43.4.